The van der Waals surface area contributed by atoms with Gasteiger partial charge in [0.25, 0.3) is 5.91 Å². The first kappa shape index (κ1) is 14.4. The van der Waals surface area contributed by atoms with E-state index in [1.54, 1.807) is 19.2 Å². The molecule has 104 valence electrons. The summed E-state index contributed by atoms with van der Waals surface area (Å²) in [4.78, 5) is 11.5. The summed E-state index contributed by atoms with van der Waals surface area (Å²) in [5, 5.41) is 6.30. The van der Waals surface area contributed by atoms with Gasteiger partial charge in [-0.3, -0.25) is 4.79 Å². The van der Waals surface area contributed by atoms with Crippen LogP contribution in [0.1, 0.15) is 21.5 Å². The van der Waals surface area contributed by atoms with Crippen LogP contribution in [-0.2, 0) is 6.54 Å². The van der Waals surface area contributed by atoms with Crippen molar-refractivity contribution in [1.82, 2.24) is 5.32 Å². The molecular weight excluding hydrogens is 272 g/mol. The number of nitrogens with one attached hydrogen (secondary N) is 2. The zero-order chi connectivity index (χ0) is 14.5. The van der Waals surface area contributed by atoms with Crippen molar-refractivity contribution in [2.24, 2.45) is 0 Å². The molecule has 1 amide bonds. The molecule has 0 radical (unpaired) electrons. The molecule has 0 aliphatic rings. The molecule has 20 heavy (non-hydrogen) atoms. The average molecular weight is 289 g/mol. The van der Waals surface area contributed by atoms with Gasteiger partial charge in [-0.1, -0.05) is 41.4 Å². The second-order valence-electron chi connectivity index (χ2n) is 4.62. The van der Waals surface area contributed by atoms with Crippen molar-refractivity contribution >= 4 is 23.2 Å². The highest BCUT2D eigenvalue weighted by Gasteiger charge is 2.08. The van der Waals surface area contributed by atoms with Crippen LogP contribution in [-0.4, -0.2) is 13.0 Å². The summed E-state index contributed by atoms with van der Waals surface area (Å²) in [6.07, 6.45) is 0. The molecule has 0 aromatic heterocycles. The minimum absolute atomic E-state index is 0.180. The Morgan fingerprint density at radius 3 is 2.65 bits per heavy atom. The zero-order valence-electron chi connectivity index (χ0n) is 11.5. The molecule has 0 atom stereocenters. The molecule has 2 rings (SSSR count). The number of rotatable bonds is 4. The molecule has 0 aliphatic carbocycles. The summed E-state index contributed by atoms with van der Waals surface area (Å²) < 4.78 is 0. The zero-order valence-corrected chi connectivity index (χ0v) is 12.3. The van der Waals surface area contributed by atoms with E-state index in [9.17, 15) is 4.79 Å². The van der Waals surface area contributed by atoms with Crippen LogP contribution in [0.4, 0.5) is 5.69 Å². The van der Waals surface area contributed by atoms with Gasteiger partial charge in [-0.25, -0.2) is 0 Å². The van der Waals surface area contributed by atoms with E-state index in [4.69, 9.17) is 11.6 Å². The molecule has 0 heterocycles. The number of aryl methyl sites for hydroxylation is 1. The Hall–Kier alpha value is -2.00. The first-order chi connectivity index (χ1) is 9.60. The molecule has 0 saturated heterocycles. The van der Waals surface area contributed by atoms with Gasteiger partial charge in [0.15, 0.2) is 0 Å². The maximum atomic E-state index is 11.5. The van der Waals surface area contributed by atoms with Gasteiger partial charge in [0.2, 0.25) is 0 Å². The molecule has 2 aromatic carbocycles. The maximum absolute atomic E-state index is 11.5. The predicted molar refractivity (Wildman–Crippen MR) is 83.3 cm³/mol. The first-order valence-corrected chi connectivity index (χ1v) is 6.79. The van der Waals surface area contributed by atoms with E-state index in [0.29, 0.717) is 10.6 Å². The highest BCUT2D eigenvalue weighted by Crippen LogP contribution is 2.21. The fraction of sp³-hybridized carbons (Fsp3) is 0.188. The van der Waals surface area contributed by atoms with Crippen LogP contribution in [0.3, 0.4) is 0 Å². The summed E-state index contributed by atoms with van der Waals surface area (Å²) in [6.45, 7) is 2.79. The molecule has 0 spiro atoms. The van der Waals surface area contributed by atoms with E-state index >= 15 is 0 Å². The van der Waals surface area contributed by atoms with Crippen LogP contribution in [0.25, 0.3) is 0 Å². The van der Waals surface area contributed by atoms with E-state index in [1.807, 2.05) is 12.1 Å². The average Bonchev–Trinajstić information content (AvgIpc) is 2.44. The SMILES string of the molecule is CNC(=O)c1ccc(NCc2cccc(C)c2)cc1Cl. The monoisotopic (exact) mass is 288 g/mol. The van der Waals surface area contributed by atoms with E-state index in [2.05, 4.69) is 35.8 Å². The second-order valence-corrected chi connectivity index (χ2v) is 5.02. The van der Waals surface area contributed by atoms with E-state index in [-0.39, 0.29) is 5.91 Å². The Balaban J connectivity index is 2.07. The summed E-state index contributed by atoms with van der Waals surface area (Å²) >= 11 is 6.11. The molecule has 2 aromatic rings. The summed E-state index contributed by atoms with van der Waals surface area (Å²) in [7, 11) is 1.59. The van der Waals surface area contributed by atoms with Gasteiger partial charge in [0, 0.05) is 19.3 Å². The van der Waals surface area contributed by atoms with Crippen molar-refractivity contribution in [3.05, 3.63) is 64.2 Å². The lowest BCUT2D eigenvalue weighted by Gasteiger charge is -2.09. The van der Waals surface area contributed by atoms with Crippen molar-refractivity contribution in [2.45, 2.75) is 13.5 Å². The lowest BCUT2D eigenvalue weighted by molar-refractivity contribution is 0.0963. The number of hydrogen-bond acceptors (Lipinski definition) is 2. The number of amides is 1. The van der Waals surface area contributed by atoms with E-state index in [1.165, 1.54) is 11.1 Å². The smallest absolute Gasteiger partial charge is 0.252 e. The second kappa shape index (κ2) is 6.44. The van der Waals surface area contributed by atoms with Crippen LogP contribution in [0.5, 0.6) is 0 Å². The highest BCUT2D eigenvalue weighted by atomic mass is 35.5. The lowest BCUT2D eigenvalue weighted by atomic mass is 10.1. The van der Waals surface area contributed by atoms with Crippen molar-refractivity contribution in [2.75, 3.05) is 12.4 Å². The topological polar surface area (TPSA) is 41.1 Å². The van der Waals surface area contributed by atoms with Gasteiger partial charge in [0.05, 0.1) is 10.6 Å². The lowest BCUT2D eigenvalue weighted by Crippen LogP contribution is -2.18. The standard InChI is InChI=1S/C16H17ClN2O/c1-11-4-3-5-12(8-11)10-19-13-6-7-14(15(17)9-13)16(20)18-2/h3-9,19H,10H2,1-2H3,(H,18,20). The molecule has 2 N–H and O–H groups in total. The molecule has 0 saturated carbocycles. The van der Waals surface area contributed by atoms with Crippen molar-refractivity contribution in [3.63, 3.8) is 0 Å². The summed E-state index contributed by atoms with van der Waals surface area (Å²) in [6, 6.07) is 13.6. The van der Waals surface area contributed by atoms with Gasteiger partial charge in [-0.05, 0) is 30.7 Å². The van der Waals surface area contributed by atoms with E-state index in [0.717, 1.165) is 12.2 Å². The molecule has 0 fully saturated rings. The van der Waals surface area contributed by atoms with Gasteiger partial charge in [-0.15, -0.1) is 0 Å². The Bertz CT molecular complexity index is 626. The van der Waals surface area contributed by atoms with Crippen LogP contribution in [0.15, 0.2) is 42.5 Å². The molecule has 0 bridgehead atoms. The number of halogens is 1. The minimum Gasteiger partial charge on any atom is -0.381 e. The number of anilines is 1. The molecule has 3 nitrogen and oxygen atoms in total. The largest absolute Gasteiger partial charge is 0.381 e. The maximum Gasteiger partial charge on any atom is 0.252 e. The molecule has 4 heteroatoms. The van der Waals surface area contributed by atoms with Crippen molar-refractivity contribution in [1.29, 1.82) is 0 Å². The third-order valence-electron chi connectivity index (χ3n) is 3.02. The number of hydrogen-bond donors (Lipinski definition) is 2. The summed E-state index contributed by atoms with van der Waals surface area (Å²) in [5.74, 6) is -0.180. The Labute approximate surface area is 124 Å². The normalized spacial score (nSPS) is 10.2. The summed E-state index contributed by atoms with van der Waals surface area (Å²) in [5.41, 5.74) is 3.81. The quantitative estimate of drug-likeness (QED) is 0.902. The van der Waals surface area contributed by atoms with E-state index < -0.39 is 0 Å². The molecule has 0 aliphatic heterocycles. The molecular formula is C16H17ClN2O. The minimum atomic E-state index is -0.180. The van der Waals surface area contributed by atoms with Crippen LogP contribution in [0, 0.1) is 6.92 Å². The number of benzene rings is 2. The molecule has 0 unspecified atom stereocenters. The van der Waals surface area contributed by atoms with Gasteiger partial charge < -0.3 is 10.6 Å². The fourth-order valence-electron chi connectivity index (χ4n) is 1.97. The van der Waals surface area contributed by atoms with Gasteiger partial charge in [0.1, 0.15) is 0 Å². The number of carbonyl (C=O) groups is 1. The third-order valence-corrected chi connectivity index (χ3v) is 3.33. The highest BCUT2D eigenvalue weighted by molar-refractivity contribution is 6.34. The predicted octanol–water partition coefficient (Wildman–Crippen LogP) is 3.62. The van der Waals surface area contributed by atoms with Crippen molar-refractivity contribution in [3.8, 4) is 0 Å². The fourth-order valence-corrected chi connectivity index (χ4v) is 2.24. The van der Waals surface area contributed by atoms with Crippen LogP contribution in [0.2, 0.25) is 5.02 Å². The Morgan fingerprint density at radius 2 is 2.00 bits per heavy atom. The third kappa shape index (κ3) is 3.52. The Morgan fingerprint density at radius 1 is 1.20 bits per heavy atom. The van der Waals surface area contributed by atoms with Gasteiger partial charge >= 0.3 is 0 Å². The van der Waals surface area contributed by atoms with Crippen LogP contribution < -0.4 is 10.6 Å². The Kier molecular flexibility index (Phi) is 4.64. The van der Waals surface area contributed by atoms with Gasteiger partial charge in [-0.2, -0.15) is 0 Å². The van der Waals surface area contributed by atoms with Crippen LogP contribution >= 0.6 is 11.6 Å². The van der Waals surface area contributed by atoms with Crippen molar-refractivity contribution < 1.29 is 4.79 Å². The first-order valence-electron chi connectivity index (χ1n) is 6.41. The number of carbonyl (C=O) groups excluding carboxylic acids is 1.